The maximum atomic E-state index is 11.3. The molecule has 0 radical (unpaired) electrons. The fourth-order valence-corrected chi connectivity index (χ4v) is 2.19. The molecular formula is C13H19N3OS. The molecule has 1 heterocycles. The number of rotatable bonds is 4. The van der Waals surface area contributed by atoms with Gasteiger partial charge in [-0.05, 0) is 30.4 Å². The molecule has 1 aliphatic heterocycles. The molecule has 5 heteroatoms. The molecule has 98 valence electrons. The number of aryl methyl sites for hydroxylation is 1. The number of hydrogen-bond acceptors (Lipinski definition) is 4. The molecule has 1 aliphatic rings. The van der Waals surface area contributed by atoms with Crippen LogP contribution in [-0.4, -0.2) is 24.0 Å². The number of nitrogen functional groups attached to an aromatic ring is 1. The third-order valence-electron chi connectivity index (χ3n) is 3.15. The predicted octanol–water partition coefficient (Wildman–Crippen LogP) is 2.32. The molecule has 1 amide bonds. The molecule has 0 saturated heterocycles. The van der Waals surface area contributed by atoms with Gasteiger partial charge in [-0.1, -0.05) is 6.92 Å². The monoisotopic (exact) mass is 265 g/mol. The van der Waals surface area contributed by atoms with Crippen LogP contribution >= 0.6 is 11.8 Å². The number of nitrogens with two attached hydrogens (primary N) is 1. The number of amides is 1. The average molecular weight is 265 g/mol. The normalized spacial score (nSPS) is 15.8. The lowest BCUT2D eigenvalue weighted by atomic mass is 10.0. The van der Waals surface area contributed by atoms with Crippen molar-refractivity contribution in [3.8, 4) is 0 Å². The van der Waals surface area contributed by atoms with E-state index in [1.807, 2.05) is 17.8 Å². The highest BCUT2D eigenvalue weighted by molar-refractivity contribution is 7.99. The number of carbonyl (C=O) groups is 1. The van der Waals surface area contributed by atoms with Crippen molar-refractivity contribution in [3.05, 3.63) is 17.7 Å². The van der Waals surface area contributed by atoms with Gasteiger partial charge >= 0.3 is 0 Å². The summed E-state index contributed by atoms with van der Waals surface area (Å²) in [6, 6.07) is 3.90. The molecule has 4 nitrogen and oxygen atoms in total. The van der Waals surface area contributed by atoms with Crippen LogP contribution in [0.4, 0.5) is 17.1 Å². The van der Waals surface area contributed by atoms with Crippen LogP contribution in [0.25, 0.3) is 0 Å². The first-order chi connectivity index (χ1) is 8.60. The van der Waals surface area contributed by atoms with Gasteiger partial charge in [-0.15, -0.1) is 0 Å². The largest absolute Gasteiger partial charge is 0.397 e. The van der Waals surface area contributed by atoms with Gasteiger partial charge in [0, 0.05) is 23.9 Å². The summed E-state index contributed by atoms with van der Waals surface area (Å²) < 4.78 is 0. The van der Waals surface area contributed by atoms with Gasteiger partial charge in [0.25, 0.3) is 0 Å². The van der Waals surface area contributed by atoms with E-state index in [2.05, 4.69) is 29.9 Å². The maximum absolute atomic E-state index is 11.3. The first-order valence-electron chi connectivity index (χ1n) is 6.09. The second-order valence-electron chi connectivity index (χ2n) is 4.57. The van der Waals surface area contributed by atoms with E-state index in [1.54, 1.807) is 0 Å². The van der Waals surface area contributed by atoms with Crippen LogP contribution in [-0.2, 0) is 11.2 Å². The SMILES string of the molecule is CSC(C)CNc1cc2c(cc1N)NC(=O)CC2. The van der Waals surface area contributed by atoms with Crippen LogP contribution in [0.15, 0.2) is 12.1 Å². The summed E-state index contributed by atoms with van der Waals surface area (Å²) in [5.74, 6) is 0.0682. The highest BCUT2D eigenvalue weighted by Gasteiger charge is 2.16. The van der Waals surface area contributed by atoms with Crippen LogP contribution in [0, 0.1) is 0 Å². The van der Waals surface area contributed by atoms with Crippen molar-refractivity contribution >= 4 is 34.7 Å². The molecule has 1 aromatic carbocycles. The molecule has 0 spiro atoms. The lowest BCUT2D eigenvalue weighted by molar-refractivity contribution is -0.116. The highest BCUT2D eigenvalue weighted by Crippen LogP contribution is 2.31. The first-order valence-corrected chi connectivity index (χ1v) is 7.38. The molecule has 4 N–H and O–H groups in total. The molecule has 0 fully saturated rings. The van der Waals surface area contributed by atoms with Crippen LogP contribution in [0.5, 0.6) is 0 Å². The molecule has 18 heavy (non-hydrogen) atoms. The van der Waals surface area contributed by atoms with Crippen LogP contribution in [0.3, 0.4) is 0 Å². The maximum Gasteiger partial charge on any atom is 0.224 e. The summed E-state index contributed by atoms with van der Waals surface area (Å²) in [4.78, 5) is 11.3. The number of carbonyl (C=O) groups excluding carboxylic acids is 1. The van der Waals surface area contributed by atoms with Crippen molar-refractivity contribution in [2.45, 2.75) is 25.0 Å². The third-order valence-corrected chi connectivity index (χ3v) is 4.12. The summed E-state index contributed by atoms with van der Waals surface area (Å²) in [5.41, 5.74) is 9.65. The van der Waals surface area contributed by atoms with E-state index in [9.17, 15) is 4.79 Å². The van der Waals surface area contributed by atoms with Gasteiger partial charge in [-0.2, -0.15) is 11.8 Å². The Morgan fingerprint density at radius 2 is 2.28 bits per heavy atom. The Labute approximate surface area is 112 Å². The molecule has 0 aliphatic carbocycles. The van der Waals surface area contributed by atoms with E-state index in [1.165, 1.54) is 0 Å². The van der Waals surface area contributed by atoms with Gasteiger partial charge in [0.2, 0.25) is 5.91 Å². The first kappa shape index (κ1) is 13.1. The molecule has 1 aromatic rings. The molecule has 0 aromatic heterocycles. The Morgan fingerprint density at radius 3 is 3.00 bits per heavy atom. The Kier molecular flexibility index (Phi) is 4.01. The van der Waals surface area contributed by atoms with E-state index in [-0.39, 0.29) is 5.91 Å². The minimum Gasteiger partial charge on any atom is -0.397 e. The zero-order valence-corrected chi connectivity index (χ0v) is 11.6. The van der Waals surface area contributed by atoms with Gasteiger partial charge < -0.3 is 16.4 Å². The summed E-state index contributed by atoms with van der Waals surface area (Å²) in [6.45, 7) is 3.06. The van der Waals surface area contributed by atoms with Crippen LogP contribution < -0.4 is 16.4 Å². The van der Waals surface area contributed by atoms with E-state index < -0.39 is 0 Å². The molecule has 2 rings (SSSR count). The molecule has 1 unspecified atom stereocenters. The molecular weight excluding hydrogens is 246 g/mol. The number of anilines is 3. The summed E-state index contributed by atoms with van der Waals surface area (Å²) in [6.07, 6.45) is 3.43. The summed E-state index contributed by atoms with van der Waals surface area (Å²) in [7, 11) is 0. The van der Waals surface area contributed by atoms with Gasteiger partial charge in [0.05, 0.1) is 11.4 Å². The number of fused-ring (bicyclic) bond motifs is 1. The number of nitrogens with one attached hydrogen (secondary N) is 2. The van der Waals surface area contributed by atoms with Crippen molar-refractivity contribution in [1.82, 2.24) is 0 Å². The van der Waals surface area contributed by atoms with Crippen LogP contribution in [0.2, 0.25) is 0 Å². The predicted molar refractivity (Wildman–Crippen MR) is 79.3 cm³/mol. The standard InChI is InChI=1S/C13H19N3OS/c1-8(18-2)7-15-12-5-9-3-4-13(17)16-11(9)6-10(12)14/h5-6,8,15H,3-4,7,14H2,1-2H3,(H,16,17). The summed E-state index contributed by atoms with van der Waals surface area (Å²) >= 11 is 1.82. The van der Waals surface area contributed by atoms with Crippen molar-refractivity contribution in [2.24, 2.45) is 0 Å². The van der Waals surface area contributed by atoms with Gasteiger partial charge in [-0.25, -0.2) is 0 Å². The topological polar surface area (TPSA) is 67.2 Å². The number of benzene rings is 1. The minimum atomic E-state index is 0.0682. The van der Waals surface area contributed by atoms with Crippen molar-refractivity contribution in [2.75, 3.05) is 29.2 Å². The Morgan fingerprint density at radius 1 is 1.50 bits per heavy atom. The van der Waals surface area contributed by atoms with Gasteiger partial charge in [0.15, 0.2) is 0 Å². The smallest absolute Gasteiger partial charge is 0.224 e. The van der Waals surface area contributed by atoms with Crippen molar-refractivity contribution < 1.29 is 4.79 Å². The zero-order chi connectivity index (χ0) is 13.1. The van der Waals surface area contributed by atoms with Crippen molar-refractivity contribution in [1.29, 1.82) is 0 Å². The zero-order valence-electron chi connectivity index (χ0n) is 10.7. The van der Waals surface area contributed by atoms with E-state index in [0.717, 1.165) is 29.9 Å². The Balaban J connectivity index is 2.15. The average Bonchev–Trinajstić information content (AvgIpc) is 2.35. The third kappa shape index (κ3) is 2.90. The lowest BCUT2D eigenvalue weighted by Gasteiger charge is -2.20. The quantitative estimate of drug-likeness (QED) is 0.731. The minimum absolute atomic E-state index is 0.0682. The van der Waals surface area contributed by atoms with E-state index >= 15 is 0 Å². The van der Waals surface area contributed by atoms with Gasteiger partial charge in [-0.3, -0.25) is 4.79 Å². The molecule has 1 atom stereocenters. The Bertz CT molecular complexity index is 462. The van der Waals surface area contributed by atoms with Crippen LogP contribution in [0.1, 0.15) is 18.9 Å². The fraction of sp³-hybridized carbons (Fsp3) is 0.462. The van der Waals surface area contributed by atoms with E-state index in [0.29, 0.717) is 17.4 Å². The van der Waals surface area contributed by atoms with Gasteiger partial charge in [0.1, 0.15) is 0 Å². The second-order valence-corrected chi connectivity index (χ2v) is 5.85. The second kappa shape index (κ2) is 5.52. The number of hydrogen-bond donors (Lipinski definition) is 3. The highest BCUT2D eigenvalue weighted by atomic mass is 32.2. The molecule has 0 bridgehead atoms. The Hall–Kier alpha value is -1.36. The lowest BCUT2D eigenvalue weighted by Crippen LogP contribution is -2.20. The van der Waals surface area contributed by atoms with Crippen molar-refractivity contribution in [3.63, 3.8) is 0 Å². The van der Waals surface area contributed by atoms with E-state index in [4.69, 9.17) is 5.73 Å². The number of thioether (sulfide) groups is 1. The fourth-order valence-electron chi connectivity index (χ4n) is 1.94. The summed E-state index contributed by atoms with van der Waals surface area (Å²) in [5, 5.41) is 6.76. The molecule has 0 saturated carbocycles.